The number of ether oxygens (including phenoxy) is 1. The topological polar surface area (TPSA) is 39.1 Å². The fourth-order valence-electron chi connectivity index (χ4n) is 4.34. The summed E-state index contributed by atoms with van der Waals surface area (Å²) >= 11 is 0. The van der Waals surface area contributed by atoms with E-state index in [2.05, 4.69) is 49.7 Å². The molecule has 1 aromatic carbocycles. The highest BCUT2D eigenvalue weighted by molar-refractivity contribution is 5.97. The van der Waals surface area contributed by atoms with Crippen LogP contribution in [0.2, 0.25) is 0 Å². The van der Waals surface area contributed by atoms with E-state index in [1.165, 1.54) is 51.3 Å². The highest BCUT2D eigenvalue weighted by Crippen LogP contribution is 2.39. The molecule has 0 atom stereocenters. The molecule has 0 radical (unpaired) electrons. The molecule has 0 unspecified atom stereocenters. The molecule has 142 valence electrons. The van der Waals surface area contributed by atoms with Crippen LogP contribution in [0.5, 0.6) is 5.75 Å². The largest absolute Gasteiger partial charge is 0.497 e. The molecule has 0 bridgehead atoms. The molecule has 1 N–H and O–H groups in total. The van der Waals surface area contributed by atoms with E-state index in [0.717, 1.165) is 37.2 Å². The van der Waals surface area contributed by atoms with Crippen LogP contribution in [-0.2, 0) is 12.8 Å². The fraction of sp³-hybridized carbons (Fsp3) is 0.435. The lowest BCUT2D eigenvalue weighted by Gasteiger charge is -2.15. The van der Waals surface area contributed by atoms with Gasteiger partial charge in [0.05, 0.1) is 18.5 Å². The number of methoxy groups -OCH3 is 1. The Morgan fingerprint density at radius 2 is 2.00 bits per heavy atom. The molecular weight excluding hydrogens is 334 g/mol. The van der Waals surface area contributed by atoms with Crippen molar-refractivity contribution >= 4 is 16.7 Å². The van der Waals surface area contributed by atoms with Crippen molar-refractivity contribution in [2.45, 2.75) is 53.4 Å². The molecule has 0 spiro atoms. The Kier molecular flexibility index (Phi) is 4.58. The van der Waals surface area contributed by atoms with Crippen molar-refractivity contribution in [1.82, 2.24) is 9.55 Å². The van der Waals surface area contributed by atoms with Crippen molar-refractivity contribution < 1.29 is 4.74 Å². The first-order chi connectivity index (χ1) is 13.1. The molecule has 2 heterocycles. The van der Waals surface area contributed by atoms with Crippen LogP contribution in [0.25, 0.3) is 16.7 Å². The second-order valence-corrected chi connectivity index (χ2v) is 7.59. The van der Waals surface area contributed by atoms with E-state index in [9.17, 15) is 0 Å². The van der Waals surface area contributed by atoms with E-state index in [1.807, 2.05) is 6.07 Å². The van der Waals surface area contributed by atoms with Crippen molar-refractivity contribution in [3.63, 3.8) is 0 Å². The van der Waals surface area contributed by atoms with Gasteiger partial charge >= 0.3 is 0 Å². The molecule has 27 heavy (non-hydrogen) atoms. The number of rotatable bonds is 5. The predicted octanol–water partition coefficient (Wildman–Crippen LogP) is 5.27. The van der Waals surface area contributed by atoms with Crippen LogP contribution >= 0.6 is 0 Å². The Balaban J connectivity index is 2.02. The molecule has 0 saturated heterocycles. The monoisotopic (exact) mass is 363 g/mol. The van der Waals surface area contributed by atoms with Gasteiger partial charge in [-0.3, -0.25) is 4.57 Å². The average molecular weight is 364 g/mol. The quantitative estimate of drug-likeness (QED) is 0.671. The summed E-state index contributed by atoms with van der Waals surface area (Å²) in [4.78, 5) is 5.16. The number of nitrogens with one attached hydrogen (secondary N) is 1. The number of aromatic nitrogens is 2. The van der Waals surface area contributed by atoms with E-state index in [-0.39, 0.29) is 0 Å². The first kappa shape index (κ1) is 17.9. The molecule has 0 saturated carbocycles. The summed E-state index contributed by atoms with van der Waals surface area (Å²) < 4.78 is 7.73. The summed E-state index contributed by atoms with van der Waals surface area (Å²) in [5.41, 5.74) is 10.1. The number of benzene rings is 1. The fourth-order valence-corrected chi connectivity index (χ4v) is 4.34. The SMILES string of the molecule is CCCNc1c2c(nc3c1c(C)c(C)n3-c1ccc(OC)cc1C)CCC2. The molecule has 1 aliphatic carbocycles. The van der Waals surface area contributed by atoms with Crippen LogP contribution in [0, 0.1) is 20.8 Å². The number of hydrogen-bond acceptors (Lipinski definition) is 3. The third kappa shape index (κ3) is 2.78. The number of fused-ring (bicyclic) bond motifs is 2. The maximum absolute atomic E-state index is 5.40. The molecule has 4 rings (SSSR count). The summed E-state index contributed by atoms with van der Waals surface area (Å²) in [6.07, 6.45) is 4.54. The smallest absolute Gasteiger partial charge is 0.147 e. The maximum atomic E-state index is 5.40. The van der Waals surface area contributed by atoms with Gasteiger partial charge in [-0.15, -0.1) is 0 Å². The standard InChI is InChI=1S/C23H29N3O/c1-6-12-24-22-18-8-7-9-19(18)25-23-21(22)15(3)16(4)26(23)20-11-10-17(27-5)13-14(20)2/h10-11,13H,6-9,12H2,1-5H3,(H,24,25). The van der Waals surface area contributed by atoms with E-state index >= 15 is 0 Å². The van der Waals surface area contributed by atoms with Crippen LogP contribution < -0.4 is 10.1 Å². The Hall–Kier alpha value is -2.49. The maximum Gasteiger partial charge on any atom is 0.147 e. The minimum absolute atomic E-state index is 0.890. The lowest BCUT2D eigenvalue weighted by molar-refractivity contribution is 0.414. The zero-order valence-electron chi connectivity index (χ0n) is 17.1. The van der Waals surface area contributed by atoms with Crippen molar-refractivity contribution in [2.75, 3.05) is 19.0 Å². The van der Waals surface area contributed by atoms with Gasteiger partial charge in [0, 0.05) is 23.3 Å². The third-order valence-corrected chi connectivity index (χ3v) is 5.87. The van der Waals surface area contributed by atoms with Crippen LogP contribution in [0.3, 0.4) is 0 Å². The summed E-state index contributed by atoms with van der Waals surface area (Å²) in [6.45, 7) is 9.79. The van der Waals surface area contributed by atoms with Crippen molar-refractivity contribution in [3.05, 3.63) is 46.3 Å². The Morgan fingerprint density at radius 1 is 1.19 bits per heavy atom. The van der Waals surface area contributed by atoms with E-state index in [0.29, 0.717) is 0 Å². The van der Waals surface area contributed by atoms with Crippen molar-refractivity contribution in [1.29, 1.82) is 0 Å². The summed E-state index contributed by atoms with van der Waals surface area (Å²) in [5.74, 6) is 0.890. The van der Waals surface area contributed by atoms with Gasteiger partial charge < -0.3 is 10.1 Å². The average Bonchev–Trinajstić information content (AvgIpc) is 3.23. The summed E-state index contributed by atoms with van der Waals surface area (Å²) in [7, 11) is 1.71. The predicted molar refractivity (Wildman–Crippen MR) is 113 cm³/mol. The lowest BCUT2D eigenvalue weighted by atomic mass is 10.1. The normalized spacial score (nSPS) is 13.2. The van der Waals surface area contributed by atoms with Gasteiger partial charge in [-0.05, 0) is 81.3 Å². The molecule has 0 amide bonds. The first-order valence-electron chi connectivity index (χ1n) is 9.99. The lowest BCUT2D eigenvalue weighted by Crippen LogP contribution is -2.06. The van der Waals surface area contributed by atoms with Crippen LogP contribution in [0.4, 0.5) is 5.69 Å². The highest BCUT2D eigenvalue weighted by atomic mass is 16.5. The zero-order chi connectivity index (χ0) is 19.1. The molecular formula is C23H29N3O. The van der Waals surface area contributed by atoms with Gasteiger partial charge in [-0.2, -0.15) is 0 Å². The second kappa shape index (κ2) is 6.91. The Labute approximate surface area is 161 Å². The van der Waals surface area contributed by atoms with E-state index in [4.69, 9.17) is 9.72 Å². The number of pyridine rings is 1. The molecule has 4 nitrogen and oxygen atoms in total. The van der Waals surface area contributed by atoms with Gasteiger partial charge in [-0.25, -0.2) is 4.98 Å². The number of nitrogens with zero attached hydrogens (tertiary/aromatic N) is 2. The van der Waals surface area contributed by atoms with Gasteiger partial charge in [-0.1, -0.05) is 6.92 Å². The first-order valence-corrected chi connectivity index (χ1v) is 9.99. The highest BCUT2D eigenvalue weighted by Gasteiger charge is 2.25. The van der Waals surface area contributed by atoms with Crippen LogP contribution in [0.15, 0.2) is 18.2 Å². The molecule has 0 aliphatic heterocycles. The minimum atomic E-state index is 0.890. The number of anilines is 1. The van der Waals surface area contributed by atoms with Crippen LogP contribution in [-0.4, -0.2) is 23.2 Å². The molecule has 1 aliphatic rings. The Bertz CT molecular complexity index is 1020. The third-order valence-electron chi connectivity index (χ3n) is 5.87. The molecule has 2 aromatic heterocycles. The van der Waals surface area contributed by atoms with Gasteiger partial charge in [0.25, 0.3) is 0 Å². The van der Waals surface area contributed by atoms with Crippen LogP contribution in [0.1, 0.15) is 47.8 Å². The van der Waals surface area contributed by atoms with Gasteiger partial charge in [0.1, 0.15) is 11.4 Å². The second-order valence-electron chi connectivity index (χ2n) is 7.59. The summed E-state index contributed by atoms with van der Waals surface area (Å²) in [5, 5.41) is 5.02. The molecule has 3 aromatic rings. The van der Waals surface area contributed by atoms with Crippen molar-refractivity contribution in [3.8, 4) is 11.4 Å². The molecule has 0 fully saturated rings. The van der Waals surface area contributed by atoms with Gasteiger partial charge in [0.2, 0.25) is 0 Å². The molecule has 4 heteroatoms. The Morgan fingerprint density at radius 3 is 2.70 bits per heavy atom. The number of hydrogen-bond donors (Lipinski definition) is 1. The minimum Gasteiger partial charge on any atom is -0.497 e. The summed E-state index contributed by atoms with van der Waals surface area (Å²) in [6, 6.07) is 6.28. The van der Waals surface area contributed by atoms with E-state index in [1.54, 1.807) is 7.11 Å². The number of aryl methyl sites for hydroxylation is 3. The zero-order valence-corrected chi connectivity index (χ0v) is 17.1. The van der Waals surface area contributed by atoms with Gasteiger partial charge in [0.15, 0.2) is 0 Å². The van der Waals surface area contributed by atoms with Crippen molar-refractivity contribution in [2.24, 2.45) is 0 Å². The van der Waals surface area contributed by atoms with E-state index < -0.39 is 0 Å².